The van der Waals surface area contributed by atoms with Gasteiger partial charge in [0.1, 0.15) is 0 Å². The van der Waals surface area contributed by atoms with Crippen LogP contribution >= 0.6 is 0 Å². The van der Waals surface area contributed by atoms with E-state index in [1.54, 1.807) is 0 Å². The molecule has 16 heavy (non-hydrogen) atoms. The molecule has 2 atom stereocenters. The van der Waals surface area contributed by atoms with Crippen molar-refractivity contribution in [1.82, 2.24) is 4.90 Å². The summed E-state index contributed by atoms with van der Waals surface area (Å²) in [5.41, 5.74) is 0. The highest BCUT2D eigenvalue weighted by atomic mass is 16.3. The van der Waals surface area contributed by atoms with Crippen molar-refractivity contribution in [3.05, 3.63) is 0 Å². The van der Waals surface area contributed by atoms with Gasteiger partial charge in [0.25, 0.3) is 0 Å². The fraction of sp³-hybridized carbons (Fsp3) is 0.923. The molecule has 2 rings (SSSR count). The van der Waals surface area contributed by atoms with E-state index in [-0.39, 0.29) is 6.10 Å². The second-order valence-corrected chi connectivity index (χ2v) is 5.45. The minimum absolute atomic E-state index is 0.290. The molecule has 1 aliphatic heterocycles. The molecular weight excluding hydrogens is 202 g/mol. The van der Waals surface area contributed by atoms with Crippen LogP contribution in [0.4, 0.5) is 0 Å². The van der Waals surface area contributed by atoms with Gasteiger partial charge in [-0.25, -0.2) is 0 Å². The summed E-state index contributed by atoms with van der Waals surface area (Å²) in [5, 5.41) is 9.40. The molecule has 2 fully saturated rings. The van der Waals surface area contributed by atoms with E-state index in [4.69, 9.17) is 0 Å². The van der Waals surface area contributed by atoms with Crippen LogP contribution in [0, 0.1) is 5.92 Å². The van der Waals surface area contributed by atoms with Crippen molar-refractivity contribution < 1.29 is 9.90 Å². The average molecular weight is 225 g/mol. The second-order valence-electron chi connectivity index (χ2n) is 5.45. The molecule has 0 bridgehead atoms. The van der Waals surface area contributed by atoms with Crippen molar-refractivity contribution in [2.75, 3.05) is 6.54 Å². The molecule has 1 saturated carbocycles. The molecule has 1 saturated heterocycles. The van der Waals surface area contributed by atoms with Crippen molar-refractivity contribution in [3.8, 4) is 0 Å². The zero-order valence-corrected chi connectivity index (χ0v) is 10.2. The van der Waals surface area contributed by atoms with E-state index in [1.807, 2.05) is 11.8 Å². The lowest BCUT2D eigenvalue weighted by Crippen LogP contribution is -2.37. The second kappa shape index (κ2) is 5.17. The first kappa shape index (κ1) is 11.9. The zero-order chi connectivity index (χ0) is 11.5. The smallest absolute Gasteiger partial charge is 0.222 e. The molecule has 1 aliphatic carbocycles. The predicted octanol–water partition coefficient (Wildman–Crippen LogP) is 1.94. The van der Waals surface area contributed by atoms with Crippen molar-refractivity contribution in [2.45, 2.75) is 64.0 Å². The fourth-order valence-electron chi connectivity index (χ4n) is 2.68. The highest BCUT2D eigenvalue weighted by Crippen LogP contribution is 2.34. The quantitative estimate of drug-likeness (QED) is 0.776. The van der Waals surface area contributed by atoms with Gasteiger partial charge in [0.05, 0.1) is 6.10 Å². The van der Waals surface area contributed by atoms with Crippen LogP contribution in [-0.4, -0.2) is 34.6 Å². The Kier molecular flexibility index (Phi) is 3.85. The SMILES string of the molecule is CC(O)CC1CCCN1C(=O)CCC1CC1. The number of hydrogen-bond acceptors (Lipinski definition) is 2. The van der Waals surface area contributed by atoms with Gasteiger partial charge in [-0.1, -0.05) is 12.8 Å². The molecule has 92 valence electrons. The van der Waals surface area contributed by atoms with Gasteiger partial charge >= 0.3 is 0 Å². The number of amides is 1. The maximum atomic E-state index is 12.0. The van der Waals surface area contributed by atoms with Crippen LogP contribution in [0.15, 0.2) is 0 Å². The summed E-state index contributed by atoms with van der Waals surface area (Å²) >= 11 is 0. The van der Waals surface area contributed by atoms with Crippen molar-refractivity contribution >= 4 is 5.91 Å². The van der Waals surface area contributed by atoms with E-state index in [0.717, 1.165) is 44.6 Å². The monoisotopic (exact) mass is 225 g/mol. The average Bonchev–Trinajstić information content (AvgIpc) is 2.94. The molecule has 1 heterocycles. The number of carbonyl (C=O) groups excluding carboxylic acids is 1. The van der Waals surface area contributed by atoms with E-state index in [1.165, 1.54) is 12.8 Å². The largest absolute Gasteiger partial charge is 0.393 e. The fourth-order valence-corrected chi connectivity index (χ4v) is 2.68. The van der Waals surface area contributed by atoms with Crippen molar-refractivity contribution in [3.63, 3.8) is 0 Å². The Morgan fingerprint density at radius 2 is 2.19 bits per heavy atom. The summed E-state index contributed by atoms with van der Waals surface area (Å²) in [6.45, 7) is 2.71. The topological polar surface area (TPSA) is 40.5 Å². The minimum Gasteiger partial charge on any atom is -0.393 e. The number of aliphatic hydroxyl groups excluding tert-OH is 1. The first-order valence-electron chi connectivity index (χ1n) is 6.64. The molecular formula is C13H23NO2. The third-order valence-corrected chi connectivity index (χ3v) is 3.77. The molecule has 0 aromatic rings. The molecule has 3 heteroatoms. The molecule has 2 aliphatic rings. The summed E-state index contributed by atoms with van der Waals surface area (Å²) in [6.07, 6.45) is 7.08. The lowest BCUT2D eigenvalue weighted by atomic mass is 10.1. The van der Waals surface area contributed by atoms with Gasteiger partial charge < -0.3 is 10.0 Å². The summed E-state index contributed by atoms with van der Waals surface area (Å²) in [7, 11) is 0. The number of rotatable bonds is 5. The molecule has 1 amide bonds. The summed E-state index contributed by atoms with van der Waals surface area (Å²) in [4.78, 5) is 14.0. The van der Waals surface area contributed by atoms with E-state index < -0.39 is 0 Å². The summed E-state index contributed by atoms with van der Waals surface area (Å²) in [5.74, 6) is 1.15. The Morgan fingerprint density at radius 3 is 2.81 bits per heavy atom. The van der Waals surface area contributed by atoms with Gasteiger partial charge in [-0.05, 0) is 38.5 Å². The standard InChI is InChI=1S/C13H23NO2/c1-10(15)9-12-3-2-8-14(12)13(16)7-6-11-4-5-11/h10-12,15H,2-9H2,1H3. The lowest BCUT2D eigenvalue weighted by molar-refractivity contribution is -0.132. The molecule has 0 radical (unpaired) electrons. The first-order valence-corrected chi connectivity index (χ1v) is 6.64. The van der Waals surface area contributed by atoms with Crippen LogP contribution in [0.25, 0.3) is 0 Å². The Labute approximate surface area is 97.8 Å². The Bertz CT molecular complexity index is 248. The van der Waals surface area contributed by atoms with E-state index in [2.05, 4.69) is 0 Å². The van der Waals surface area contributed by atoms with Gasteiger partial charge in [-0.15, -0.1) is 0 Å². The molecule has 3 nitrogen and oxygen atoms in total. The van der Waals surface area contributed by atoms with E-state index in [0.29, 0.717) is 11.9 Å². The van der Waals surface area contributed by atoms with Gasteiger partial charge in [0.15, 0.2) is 0 Å². The number of nitrogens with zero attached hydrogens (tertiary/aromatic N) is 1. The maximum absolute atomic E-state index is 12.0. The summed E-state index contributed by atoms with van der Waals surface area (Å²) in [6, 6.07) is 0.298. The third-order valence-electron chi connectivity index (χ3n) is 3.77. The summed E-state index contributed by atoms with van der Waals surface area (Å²) < 4.78 is 0. The minimum atomic E-state index is -0.290. The van der Waals surface area contributed by atoms with Crippen LogP contribution in [0.3, 0.4) is 0 Å². The van der Waals surface area contributed by atoms with Crippen LogP contribution in [0.1, 0.15) is 51.9 Å². The zero-order valence-electron chi connectivity index (χ0n) is 10.2. The highest BCUT2D eigenvalue weighted by molar-refractivity contribution is 5.76. The van der Waals surface area contributed by atoms with Crippen LogP contribution in [0.5, 0.6) is 0 Å². The van der Waals surface area contributed by atoms with Crippen LogP contribution in [0.2, 0.25) is 0 Å². The molecule has 2 unspecified atom stereocenters. The van der Waals surface area contributed by atoms with Crippen LogP contribution < -0.4 is 0 Å². The van der Waals surface area contributed by atoms with E-state index >= 15 is 0 Å². The number of hydrogen-bond donors (Lipinski definition) is 1. The Hall–Kier alpha value is -0.570. The number of carbonyl (C=O) groups is 1. The van der Waals surface area contributed by atoms with Crippen molar-refractivity contribution in [2.24, 2.45) is 5.92 Å². The van der Waals surface area contributed by atoms with Gasteiger partial charge in [0, 0.05) is 19.0 Å². The molecule has 0 aromatic carbocycles. The predicted molar refractivity (Wildman–Crippen MR) is 63.0 cm³/mol. The number of aliphatic hydroxyl groups is 1. The lowest BCUT2D eigenvalue weighted by Gasteiger charge is -2.25. The van der Waals surface area contributed by atoms with Crippen LogP contribution in [-0.2, 0) is 4.79 Å². The first-order chi connectivity index (χ1) is 7.66. The number of likely N-dealkylation sites (tertiary alicyclic amines) is 1. The van der Waals surface area contributed by atoms with Gasteiger partial charge in [0.2, 0.25) is 5.91 Å². The normalized spacial score (nSPS) is 27.1. The molecule has 1 N–H and O–H groups in total. The molecule has 0 aromatic heterocycles. The Balaban J connectivity index is 1.78. The van der Waals surface area contributed by atoms with Gasteiger partial charge in [-0.2, -0.15) is 0 Å². The molecule has 0 spiro atoms. The van der Waals surface area contributed by atoms with Crippen molar-refractivity contribution in [1.29, 1.82) is 0 Å². The third kappa shape index (κ3) is 3.21. The highest BCUT2D eigenvalue weighted by Gasteiger charge is 2.30. The Morgan fingerprint density at radius 1 is 1.44 bits per heavy atom. The van der Waals surface area contributed by atoms with Gasteiger partial charge in [-0.3, -0.25) is 4.79 Å². The maximum Gasteiger partial charge on any atom is 0.222 e. The van der Waals surface area contributed by atoms with E-state index in [9.17, 15) is 9.90 Å².